The minimum Gasteiger partial charge on any atom is -0.349 e. The highest BCUT2D eigenvalue weighted by atomic mass is 79.9. The average molecular weight is 339 g/mol. The van der Waals surface area contributed by atoms with Crippen LogP contribution in [0.1, 0.15) is 44.7 Å². The van der Waals surface area contributed by atoms with Crippen molar-refractivity contribution in [2.75, 3.05) is 13.1 Å². The van der Waals surface area contributed by atoms with Crippen molar-refractivity contribution in [3.8, 4) is 0 Å². The molecule has 20 heavy (non-hydrogen) atoms. The predicted molar refractivity (Wildman–Crippen MR) is 85.5 cm³/mol. The zero-order valence-electron chi connectivity index (χ0n) is 12.2. The van der Waals surface area contributed by atoms with E-state index >= 15 is 0 Å². The summed E-state index contributed by atoms with van der Waals surface area (Å²) in [6.45, 7) is 5.93. The molecule has 1 heterocycles. The molecule has 1 amide bonds. The standard InChI is InChI=1S/C16H23BrN2O/c1-3-7-16(8-9-18-11-16)15(20)19-12(2)13-5-4-6-14(17)10-13/h4-6,10,12,18H,3,7-9,11H2,1-2H3,(H,19,20)/t12-,16?/m1/s1. The SMILES string of the molecule is CCCC1(C(=O)N[C@H](C)c2cccc(Br)c2)CCNC1. The second-order valence-corrected chi connectivity index (χ2v) is 6.62. The van der Waals surface area contributed by atoms with Crippen molar-refractivity contribution in [1.82, 2.24) is 10.6 Å². The van der Waals surface area contributed by atoms with Crippen LogP contribution in [0.2, 0.25) is 0 Å². The fourth-order valence-corrected chi connectivity index (χ4v) is 3.37. The van der Waals surface area contributed by atoms with Gasteiger partial charge in [-0.05, 0) is 44.0 Å². The molecule has 0 aromatic heterocycles. The minimum absolute atomic E-state index is 0.0364. The van der Waals surface area contributed by atoms with E-state index in [4.69, 9.17) is 0 Å². The van der Waals surface area contributed by atoms with Crippen LogP contribution in [0, 0.1) is 5.41 Å². The predicted octanol–water partition coefficient (Wildman–Crippen LogP) is 3.41. The van der Waals surface area contributed by atoms with Crippen LogP contribution in [0.4, 0.5) is 0 Å². The molecule has 1 aliphatic heterocycles. The van der Waals surface area contributed by atoms with Crippen molar-refractivity contribution in [3.05, 3.63) is 34.3 Å². The molecule has 0 radical (unpaired) electrons. The minimum atomic E-state index is -0.213. The van der Waals surface area contributed by atoms with Gasteiger partial charge in [0.2, 0.25) is 5.91 Å². The van der Waals surface area contributed by atoms with E-state index in [9.17, 15) is 4.79 Å². The van der Waals surface area contributed by atoms with Crippen molar-refractivity contribution < 1.29 is 4.79 Å². The molecular formula is C16H23BrN2O. The maximum atomic E-state index is 12.7. The summed E-state index contributed by atoms with van der Waals surface area (Å²) in [4.78, 5) is 12.7. The number of halogens is 1. The van der Waals surface area contributed by atoms with Gasteiger partial charge in [0, 0.05) is 11.0 Å². The first-order valence-corrected chi connectivity index (χ1v) is 8.14. The van der Waals surface area contributed by atoms with Crippen LogP contribution in [-0.2, 0) is 4.79 Å². The fraction of sp³-hybridized carbons (Fsp3) is 0.562. The number of hydrogen-bond donors (Lipinski definition) is 2. The first-order valence-electron chi connectivity index (χ1n) is 7.34. The van der Waals surface area contributed by atoms with Crippen LogP contribution in [0.15, 0.2) is 28.7 Å². The van der Waals surface area contributed by atoms with E-state index in [1.165, 1.54) is 0 Å². The molecule has 1 aromatic carbocycles. The number of carbonyl (C=O) groups excluding carboxylic acids is 1. The topological polar surface area (TPSA) is 41.1 Å². The first kappa shape index (κ1) is 15.5. The van der Waals surface area contributed by atoms with Gasteiger partial charge in [-0.1, -0.05) is 41.4 Å². The normalized spacial score (nSPS) is 23.6. The van der Waals surface area contributed by atoms with Gasteiger partial charge in [0.05, 0.1) is 11.5 Å². The third kappa shape index (κ3) is 3.41. The van der Waals surface area contributed by atoms with Crippen LogP contribution in [0.5, 0.6) is 0 Å². The van der Waals surface area contributed by atoms with E-state index in [-0.39, 0.29) is 17.4 Å². The van der Waals surface area contributed by atoms with Crippen molar-refractivity contribution in [3.63, 3.8) is 0 Å². The lowest BCUT2D eigenvalue weighted by Gasteiger charge is -2.28. The Bertz CT molecular complexity index is 469. The van der Waals surface area contributed by atoms with Crippen molar-refractivity contribution in [2.45, 2.75) is 39.2 Å². The summed E-state index contributed by atoms with van der Waals surface area (Å²) < 4.78 is 1.04. The van der Waals surface area contributed by atoms with Gasteiger partial charge in [0.15, 0.2) is 0 Å². The lowest BCUT2D eigenvalue weighted by atomic mass is 9.81. The zero-order chi connectivity index (χ0) is 14.6. The largest absolute Gasteiger partial charge is 0.349 e. The summed E-state index contributed by atoms with van der Waals surface area (Å²) in [7, 11) is 0. The van der Waals surface area contributed by atoms with Crippen LogP contribution in [0.3, 0.4) is 0 Å². The highest BCUT2D eigenvalue weighted by Gasteiger charge is 2.40. The second kappa shape index (κ2) is 6.72. The number of carbonyl (C=O) groups is 1. The van der Waals surface area contributed by atoms with Crippen molar-refractivity contribution >= 4 is 21.8 Å². The van der Waals surface area contributed by atoms with Crippen LogP contribution >= 0.6 is 15.9 Å². The Morgan fingerprint density at radius 2 is 2.35 bits per heavy atom. The summed E-state index contributed by atoms with van der Waals surface area (Å²) in [6.07, 6.45) is 2.94. The van der Waals surface area contributed by atoms with Gasteiger partial charge >= 0.3 is 0 Å². The van der Waals surface area contributed by atoms with Crippen LogP contribution in [0.25, 0.3) is 0 Å². The summed E-state index contributed by atoms with van der Waals surface area (Å²) in [5.41, 5.74) is 0.917. The Morgan fingerprint density at radius 3 is 2.95 bits per heavy atom. The lowest BCUT2D eigenvalue weighted by molar-refractivity contribution is -0.131. The van der Waals surface area contributed by atoms with Crippen molar-refractivity contribution in [2.24, 2.45) is 5.41 Å². The Balaban J connectivity index is 2.06. The average Bonchev–Trinajstić information content (AvgIpc) is 2.89. The van der Waals surface area contributed by atoms with E-state index in [1.54, 1.807) is 0 Å². The maximum Gasteiger partial charge on any atom is 0.228 e. The van der Waals surface area contributed by atoms with Gasteiger partial charge in [-0.25, -0.2) is 0 Å². The summed E-state index contributed by atoms with van der Waals surface area (Å²) in [6, 6.07) is 8.15. The molecule has 2 rings (SSSR count). The Hall–Kier alpha value is -0.870. The molecule has 2 atom stereocenters. The van der Waals surface area contributed by atoms with Gasteiger partial charge in [-0.15, -0.1) is 0 Å². The first-order chi connectivity index (χ1) is 9.57. The molecule has 1 aliphatic rings. The summed E-state index contributed by atoms with van der Waals surface area (Å²) >= 11 is 3.48. The molecule has 0 bridgehead atoms. The molecule has 1 aromatic rings. The monoisotopic (exact) mass is 338 g/mol. The Labute approximate surface area is 129 Å². The molecule has 3 nitrogen and oxygen atoms in total. The van der Waals surface area contributed by atoms with Crippen LogP contribution < -0.4 is 10.6 Å². The Morgan fingerprint density at radius 1 is 1.55 bits per heavy atom. The quantitative estimate of drug-likeness (QED) is 0.863. The molecule has 1 fully saturated rings. The third-order valence-electron chi connectivity index (χ3n) is 4.15. The van der Waals surface area contributed by atoms with Crippen molar-refractivity contribution in [1.29, 1.82) is 0 Å². The highest BCUT2D eigenvalue weighted by molar-refractivity contribution is 9.10. The van der Waals surface area contributed by atoms with E-state index < -0.39 is 0 Å². The molecule has 110 valence electrons. The number of rotatable bonds is 5. The van der Waals surface area contributed by atoms with E-state index in [0.717, 1.165) is 42.4 Å². The van der Waals surface area contributed by atoms with Gasteiger partial charge in [-0.3, -0.25) is 4.79 Å². The molecule has 0 saturated carbocycles. The molecule has 1 unspecified atom stereocenters. The van der Waals surface area contributed by atoms with Gasteiger partial charge in [0.1, 0.15) is 0 Å². The second-order valence-electron chi connectivity index (χ2n) is 5.71. The fourth-order valence-electron chi connectivity index (χ4n) is 2.95. The molecule has 1 saturated heterocycles. The van der Waals surface area contributed by atoms with Gasteiger partial charge in [0.25, 0.3) is 0 Å². The van der Waals surface area contributed by atoms with Crippen LogP contribution in [-0.4, -0.2) is 19.0 Å². The highest BCUT2D eigenvalue weighted by Crippen LogP contribution is 2.32. The Kier molecular flexibility index (Phi) is 5.22. The zero-order valence-corrected chi connectivity index (χ0v) is 13.8. The molecular weight excluding hydrogens is 316 g/mol. The van der Waals surface area contributed by atoms with E-state index in [1.807, 2.05) is 19.1 Å². The maximum absolute atomic E-state index is 12.7. The number of hydrogen-bond acceptors (Lipinski definition) is 2. The number of benzene rings is 1. The van der Waals surface area contributed by atoms with E-state index in [0.29, 0.717) is 0 Å². The smallest absolute Gasteiger partial charge is 0.228 e. The van der Waals surface area contributed by atoms with E-state index in [2.05, 4.69) is 45.6 Å². The van der Waals surface area contributed by atoms with Gasteiger partial charge in [-0.2, -0.15) is 0 Å². The summed E-state index contributed by atoms with van der Waals surface area (Å²) in [5.74, 6) is 0.192. The third-order valence-corrected chi connectivity index (χ3v) is 4.64. The molecule has 2 N–H and O–H groups in total. The molecule has 4 heteroatoms. The number of nitrogens with one attached hydrogen (secondary N) is 2. The molecule has 0 spiro atoms. The molecule has 0 aliphatic carbocycles. The van der Waals surface area contributed by atoms with Gasteiger partial charge < -0.3 is 10.6 Å². The lowest BCUT2D eigenvalue weighted by Crippen LogP contribution is -2.43. The number of amides is 1. The summed E-state index contributed by atoms with van der Waals surface area (Å²) in [5, 5.41) is 6.52.